The third kappa shape index (κ3) is 6.71. The molecule has 4 aliphatic heterocycles. The lowest BCUT2D eigenvalue weighted by molar-refractivity contribution is -0.0314. The van der Waals surface area contributed by atoms with Crippen LogP contribution in [0.4, 0.5) is 16.3 Å². The Morgan fingerprint density at radius 3 is 2.55 bits per heavy atom. The van der Waals surface area contributed by atoms with Gasteiger partial charge in [0.25, 0.3) is 0 Å². The molecule has 11 nitrogen and oxygen atoms in total. The van der Waals surface area contributed by atoms with Crippen LogP contribution in [0.5, 0.6) is 6.01 Å². The molecule has 1 unspecified atom stereocenters. The minimum absolute atomic E-state index is 0.00546. The molecule has 1 aromatic heterocycles. The summed E-state index contributed by atoms with van der Waals surface area (Å²) in [5, 5.41) is 12.4. The Bertz CT molecular complexity index is 1550. The fourth-order valence-corrected chi connectivity index (χ4v) is 8.20. The van der Waals surface area contributed by atoms with Gasteiger partial charge in [0.2, 0.25) is 0 Å². The molecule has 0 spiro atoms. The predicted molar refractivity (Wildman–Crippen MR) is 182 cm³/mol. The van der Waals surface area contributed by atoms with Crippen LogP contribution in [0, 0.1) is 0 Å². The Morgan fingerprint density at radius 2 is 1.81 bits per heavy atom. The van der Waals surface area contributed by atoms with Crippen molar-refractivity contribution in [2.24, 2.45) is 0 Å². The number of amides is 1. The summed E-state index contributed by atoms with van der Waals surface area (Å²) < 4.78 is 16.9. The van der Waals surface area contributed by atoms with Crippen LogP contribution in [-0.4, -0.2) is 109 Å². The highest BCUT2D eigenvalue weighted by atomic mass is 16.7. The molecule has 3 atom stereocenters. The van der Waals surface area contributed by atoms with E-state index in [0.717, 1.165) is 69.5 Å². The lowest BCUT2D eigenvalue weighted by Gasteiger charge is -2.41. The average molecular weight is 645 g/mol. The van der Waals surface area contributed by atoms with Crippen LogP contribution in [0.15, 0.2) is 36.4 Å². The van der Waals surface area contributed by atoms with E-state index >= 15 is 0 Å². The maximum Gasteiger partial charge on any atom is 0.407 e. The number of aromatic nitrogens is 2. The molecule has 5 heterocycles. The molecule has 0 saturated carbocycles. The van der Waals surface area contributed by atoms with Gasteiger partial charge in [-0.15, -0.1) is 0 Å². The number of likely N-dealkylation sites (tertiary alicyclic amines) is 1. The molecule has 3 saturated heterocycles. The Hall–Kier alpha value is -3.67. The largest absolute Gasteiger partial charge is 0.465 e. The van der Waals surface area contributed by atoms with E-state index in [1.165, 1.54) is 34.0 Å². The summed E-state index contributed by atoms with van der Waals surface area (Å²) >= 11 is 0. The third-order valence-electron chi connectivity index (χ3n) is 10.6. The number of hydrogen-bond acceptors (Lipinski definition) is 9. The van der Waals surface area contributed by atoms with E-state index in [-0.39, 0.29) is 12.1 Å². The number of anilines is 2. The normalized spacial score (nSPS) is 22.7. The van der Waals surface area contributed by atoms with E-state index in [1.807, 2.05) is 0 Å². The molecule has 1 amide bonds. The number of rotatable bonds is 12. The minimum atomic E-state index is -0.809. The van der Waals surface area contributed by atoms with E-state index in [4.69, 9.17) is 24.2 Å². The van der Waals surface area contributed by atoms with E-state index in [1.54, 1.807) is 12.0 Å². The van der Waals surface area contributed by atoms with Crippen LogP contribution in [0.1, 0.15) is 55.3 Å². The third-order valence-corrected chi connectivity index (χ3v) is 10.6. The van der Waals surface area contributed by atoms with Crippen molar-refractivity contribution in [3.8, 4) is 6.01 Å². The summed E-state index contributed by atoms with van der Waals surface area (Å²) in [6.07, 6.45) is 7.12. The van der Waals surface area contributed by atoms with Crippen LogP contribution in [0.3, 0.4) is 0 Å². The number of carboxylic acid groups (broad SMARTS) is 1. The van der Waals surface area contributed by atoms with Crippen LogP contribution in [0.2, 0.25) is 0 Å². The number of carbonyl (C=O) groups is 1. The topological polar surface area (TPSA) is 104 Å². The van der Waals surface area contributed by atoms with Gasteiger partial charge in [0.05, 0.1) is 24.3 Å². The summed E-state index contributed by atoms with van der Waals surface area (Å²) in [6.45, 7) is 5.54. The molecule has 4 aliphatic rings. The zero-order chi connectivity index (χ0) is 32.3. The van der Waals surface area contributed by atoms with Crippen molar-refractivity contribution in [3.63, 3.8) is 0 Å². The van der Waals surface area contributed by atoms with Crippen molar-refractivity contribution < 1.29 is 24.1 Å². The molecule has 2 bridgehead atoms. The second-order valence-corrected chi connectivity index (χ2v) is 13.6. The lowest BCUT2D eigenvalue weighted by atomic mass is 9.96. The molecule has 47 heavy (non-hydrogen) atoms. The molecular weight excluding hydrogens is 596 g/mol. The molecule has 0 aliphatic carbocycles. The van der Waals surface area contributed by atoms with Gasteiger partial charge in [-0.2, -0.15) is 9.97 Å². The van der Waals surface area contributed by atoms with Crippen molar-refractivity contribution in [1.29, 1.82) is 0 Å². The molecule has 252 valence electrons. The Balaban J connectivity index is 1.17. The quantitative estimate of drug-likeness (QED) is 0.215. The van der Waals surface area contributed by atoms with E-state index in [9.17, 15) is 9.90 Å². The van der Waals surface area contributed by atoms with Crippen molar-refractivity contribution in [3.05, 3.63) is 53.2 Å². The van der Waals surface area contributed by atoms with Crippen molar-refractivity contribution in [2.75, 3.05) is 70.1 Å². The van der Waals surface area contributed by atoms with Gasteiger partial charge in [-0.1, -0.05) is 30.3 Å². The number of ether oxygens (including phenoxy) is 3. The van der Waals surface area contributed by atoms with Gasteiger partial charge in [0.15, 0.2) is 0 Å². The first-order valence-corrected chi connectivity index (χ1v) is 17.3. The van der Waals surface area contributed by atoms with Gasteiger partial charge < -0.3 is 34.0 Å². The predicted octanol–water partition coefficient (Wildman–Crippen LogP) is 4.94. The smallest absolute Gasteiger partial charge is 0.407 e. The number of nitrogens with zero attached hydrogens (tertiary/aromatic N) is 6. The van der Waals surface area contributed by atoms with Crippen LogP contribution in [-0.2, 0) is 28.9 Å². The molecule has 1 N–H and O–H groups in total. The first-order valence-electron chi connectivity index (χ1n) is 17.3. The van der Waals surface area contributed by atoms with E-state index in [2.05, 4.69) is 58.1 Å². The summed E-state index contributed by atoms with van der Waals surface area (Å²) in [4.78, 5) is 31.0. The average Bonchev–Trinajstić information content (AvgIpc) is 3.62. The molecule has 2 aromatic carbocycles. The summed E-state index contributed by atoms with van der Waals surface area (Å²) in [6, 6.07) is 14.0. The fourth-order valence-electron chi connectivity index (χ4n) is 8.20. The first kappa shape index (κ1) is 31.9. The Labute approximate surface area is 277 Å². The summed E-state index contributed by atoms with van der Waals surface area (Å²) in [5.74, 6) is 0.931. The number of hydrogen-bond donors (Lipinski definition) is 1. The summed E-state index contributed by atoms with van der Waals surface area (Å²) in [5.41, 5.74) is 4.78. The molecule has 7 rings (SSSR count). The van der Waals surface area contributed by atoms with Crippen molar-refractivity contribution in [2.45, 2.75) is 76.0 Å². The number of methoxy groups -OCH3 is 1. The van der Waals surface area contributed by atoms with Gasteiger partial charge in [0, 0.05) is 56.0 Å². The van der Waals surface area contributed by atoms with Crippen LogP contribution >= 0.6 is 0 Å². The number of benzene rings is 2. The lowest BCUT2D eigenvalue weighted by Crippen LogP contribution is -2.56. The molecular formula is C36H48N6O5. The number of piperazine rings is 1. The highest BCUT2D eigenvalue weighted by molar-refractivity contribution is 5.97. The van der Waals surface area contributed by atoms with E-state index < -0.39 is 6.09 Å². The van der Waals surface area contributed by atoms with Gasteiger partial charge in [-0.25, -0.2) is 4.79 Å². The second kappa shape index (κ2) is 14.2. The zero-order valence-corrected chi connectivity index (χ0v) is 27.8. The number of unbranched alkanes of at least 4 members (excludes halogenated alkanes) is 1. The molecule has 3 fully saturated rings. The molecule has 11 heteroatoms. The molecule has 3 aromatic rings. The Morgan fingerprint density at radius 1 is 1.00 bits per heavy atom. The minimum Gasteiger partial charge on any atom is -0.465 e. The highest BCUT2D eigenvalue weighted by Gasteiger charge is 2.44. The number of fused-ring (bicyclic) bond motifs is 4. The van der Waals surface area contributed by atoms with E-state index in [0.29, 0.717) is 51.7 Å². The zero-order valence-electron chi connectivity index (χ0n) is 27.8. The summed E-state index contributed by atoms with van der Waals surface area (Å²) in [7, 11) is 3.81. The SMILES string of the molecule is COCOCCCCc1cccc2cccc(N3CCc4c(nc(OCC5CCCN5C)nc4N4C[C@H]5CC[C@@H](C4)N5C(=O)O)C3)c12. The molecule has 0 radical (unpaired) electrons. The second-order valence-electron chi connectivity index (χ2n) is 13.6. The van der Waals surface area contributed by atoms with Gasteiger partial charge >= 0.3 is 12.1 Å². The van der Waals surface area contributed by atoms with Crippen molar-refractivity contribution >= 4 is 28.4 Å². The Kier molecular flexibility index (Phi) is 9.65. The van der Waals surface area contributed by atoms with Gasteiger partial charge in [-0.05, 0) is 82.0 Å². The maximum atomic E-state index is 12.0. The maximum absolute atomic E-state index is 12.0. The number of aryl methyl sites for hydroxylation is 1. The van der Waals surface area contributed by atoms with Crippen LogP contribution < -0.4 is 14.5 Å². The van der Waals surface area contributed by atoms with Crippen molar-refractivity contribution in [1.82, 2.24) is 19.8 Å². The number of likely N-dealkylation sites (N-methyl/N-ethyl adjacent to an activating group) is 1. The highest BCUT2D eigenvalue weighted by Crippen LogP contribution is 2.38. The fraction of sp³-hybridized carbons (Fsp3) is 0.583. The van der Waals surface area contributed by atoms with Gasteiger partial charge in [0.1, 0.15) is 19.2 Å². The van der Waals surface area contributed by atoms with Crippen LogP contribution in [0.25, 0.3) is 10.8 Å². The first-order chi connectivity index (χ1) is 23.0. The van der Waals surface area contributed by atoms with Gasteiger partial charge in [-0.3, -0.25) is 4.90 Å². The standard InChI is InChI=1S/C36H48N6O5/c1-39-17-7-12-29(39)23-47-35-37-31-22-40(18-16-30(31)34(38-35)41-20-27-14-15-28(21-41)42(27)36(43)44)32-13-6-11-26-10-5-9-25(33(26)32)8-3-4-19-46-24-45-2/h5-6,9-11,13,27-29H,3-4,7-8,12,14-24H2,1-2H3,(H,43,44)/t27-,28+,29?. The monoisotopic (exact) mass is 644 g/mol.